The number of amides is 1. The molecule has 1 unspecified atom stereocenters. The summed E-state index contributed by atoms with van der Waals surface area (Å²) < 4.78 is 4.94. The van der Waals surface area contributed by atoms with Crippen LogP contribution in [0.2, 0.25) is 0 Å². The summed E-state index contributed by atoms with van der Waals surface area (Å²) >= 11 is 0. The number of ether oxygens (including phenoxy) is 1. The van der Waals surface area contributed by atoms with E-state index in [2.05, 4.69) is 4.98 Å². The quantitative estimate of drug-likeness (QED) is 0.746. The number of rotatable bonds is 4. The number of hydrogen-bond donors (Lipinski definition) is 0. The number of esters is 1. The van der Waals surface area contributed by atoms with Crippen molar-refractivity contribution in [1.29, 1.82) is 0 Å². The summed E-state index contributed by atoms with van der Waals surface area (Å²) in [5.41, 5.74) is 0.968. The van der Waals surface area contributed by atoms with Gasteiger partial charge in [-0.3, -0.25) is 14.6 Å². The Balaban J connectivity index is 1.95. The van der Waals surface area contributed by atoms with E-state index in [0.717, 1.165) is 5.56 Å². The minimum Gasteiger partial charge on any atom is -0.466 e. The molecule has 0 aromatic carbocycles. The lowest BCUT2D eigenvalue weighted by Gasteiger charge is -2.16. The van der Waals surface area contributed by atoms with Crippen LogP contribution < -0.4 is 0 Å². The van der Waals surface area contributed by atoms with Gasteiger partial charge in [0.2, 0.25) is 5.91 Å². The Morgan fingerprint density at radius 3 is 3.11 bits per heavy atom. The molecule has 0 aliphatic carbocycles. The molecule has 0 N–H and O–H groups in total. The fourth-order valence-corrected chi connectivity index (χ4v) is 2.06. The van der Waals surface area contributed by atoms with E-state index in [4.69, 9.17) is 4.74 Å². The Labute approximate surface area is 106 Å². The number of hydrogen-bond acceptors (Lipinski definition) is 4. The van der Waals surface area contributed by atoms with Crippen LogP contribution in [0, 0.1) is 5.92 Å². The molecule has 5 heteroatoms. The molecule has 1 aromatic rings. The summed E-state index contributed by atoms with van der Waals surface area (Å²) in [6.07, 6.45) is 3.67. The summed E-state index contributed by atoms with van der Waals surface area (Å²) in [7, 11) is 0. The highest BCUT2D eigenvalue weighted by atomic mass is 16.5. The molecule has 1 amide bonds. The first kappa shape index (κ1) is 12.5. The summed E-state index contributed by atoms with van der Waals surface area (Å²) in [6, 6.07) is 3.75. The summed E-state index contributed by atoms with van der Waals surface area (Å²) in [4.78, 5) is 29.1. The van der Waals surface area contributed by atoms with Gasteiger partial charge in [-0.05, 0) is 18.6 Å². The molecule has 1 aliphatic rings. The van der Waals surface area contributed by atoms with Gasteiger partial charge in [-0.2, -0.15) is 0 Å². The third-order valence-corrected chi connectivity index (χ3v) is 2.93. The van der Waals surface area contributed by atoms with E-state index in [1.165, 1.54) is 0 Å². The van der Waals surface area contributed by atoms with Gasteiger partial charge in [0.05, 0.1) is 12.5 Å². The Morgan fingerprint density at radius 1 is 1.61 bits per heavy atom. The van der Waals surface area contributed by atoms with Crippen LogP contribution in [0.1, 0.15) is 18.9 Å². The fourth-order valence-electron chi connectivity index (χ4n) is 2.06. The highest BCUT2D eigenvalue weighted by Gasteiger charge is 2.35. The van der Waals surface area contributed by atoms with E-state index in [1.54, 1.807) is 24.2 Å². The molecule has 1 atom stereocenters. The van der Waals surface area contributed by atoms with E-state index >= 15 is 0 Å². The lowest BCUT2D eigenvalue weighted by Crippen LogP contribution is -2.26. The van der Waals surface area contributed by atoms with Crippen LogP contribution >= 0.6 is 0 Å². The molecular weight excluding hydrogens is 232 g/mol. The minimum absolute atomic E-state index is 0.00286. The molecule has 1 fully saturated rings. The average Bonchev–Trinajstić information content (AvgIpc) is 2.73. The van der Waals surface area contributed by atoms with Crippen molar-refractivity contribution in [3.05, 3.63) is 30.1 Å². The first-order valence-electron chi connectivity index (χ1n) is 6.04. The van der Waals surface area contributed by atoms with E-state index in [9.17, 15) is 9.59 Å². The number of aromatic nitrogens is 1. The molecule has 96 valence electrons. The third-order valence-electron chi connectivity index (χ3n) is 2.93. The third kappa shape index (κ3) is 2.85. The van der Waals surface area contributed by atoms with Crippen LogP contribution in [0.4, 0.5) is 0 Å². The minimum atomic E-state index is -0.325. The molecule has 0 bridgehead atoms. The smallest absolute Gasteiger partial charge is 0.311 e. The van der Waals surface area contributed by atoms with E-state index < -0.39 is 0 Å². The second-order valence-electron chi connectivity index (χ2n) is 4.29. The number of carbonyl (C=O) groups excluding carboxylic acids is 2. The maximum Gasteiger partial charge on any atom is 0.311 e. The lowest BCUT2D eigenvalue weighted by atomic mass is 10.1. The van der Waals surface area contributed by atoms with E-state index in [0.29, 0.717) is 19.7 Å². The maximum absolute atomic E-state index is 11.8. The van der Waals surface area contributed by atoms with Crippen LogP contribution in [-0.2, 0) is 20.9 Å². The molecule has 0 radical (unpaired) electrons. The van der Waals surface area contributed by atoms with Crippen LogP contribution in [0.5, 0.6) is 0 Å². The first-order valence-corrected chi connectivity index (χ1v) is 6.04. The molecule has 0 spiro atoms. The standard InChI is InChI=1S/C13H16N2O3/c1-2-18-13(17)11-6-12(16)15(9-11)8-10-4-3-5-14-7-10/h3-5,7,11H,2,6,8-9H2,1H3. The van der Waals surface area contributed by atoms with Gasteiger partial charge in [0.25, 0.3) is 0 Å². The van der Waals surface area contributed by atoms with Crippen molar-refractivity contribution < 1.29 is 14.3 Å². The zero-order chi connectivity index (χ0) is 13.0. The fraction of sp³-hybridized carbons (Fsp3) is 0.462. The van der Waals surface area contributed by atoms with Crippen molar-refractivity contribution in [3.8, 4) is 0 Å². The van der Waals surface area contributed by atoms with Gasteiger partial charge in [0.15, 0.2) is 0 Å². The topological polar surface area (TPSA) is 59.5 Å². The maximum atomic E-state index is 11.8. The molecule has 1 saturated heterocycles. The summed E-state index contributed by atoms with van der Waals surface area (Å²) in [6.45, 7) is 3.06. The molecule has 2 rings (SSSR count). The van der Waals surface area contributed by atoms with Gasteiger partial charge in [-0.25, -0.2) is 0 Å². The van der Waals surface area contributed by atoms with Gasteiger partial charge in [0, 0.05) is 31.9 Å². The SMILES string of the molecule is CCOC(=O)C1CC(=O)N(Cc2cccnc2)C1. The van der Waals surface area contributed by atoms with Gasteiger partial charge in [-0.1, -0.05) is 6.07 Å². The zero-order valence-corrected chi connectivity index (χ0v) is 10.3. The van der Waals surface area contributed by atoms with Crippen molar-refractivity contribution >= 4 is 11.9 Å². The predicted molar refractivity (Wildman–Crippen MR) is 64.4 cm³/mol. The second kappa shape index (κ2) is 5.62. The second-order valence-corrected chi connectivity index (χ2v) is 4.29. The van der Waals surface area contributed by atoms with Gasteiger partial charge in [-0.15, -0.1) is 0 Å². The lowest BCUT2D eigenvalue weighted by molar-refractivity contribution is -0.147. The molecule has 5 nitrogen and oxygen atoms in total. The van der Waals surface area contributed by atoms with Crippen molar-refractivity contribution in [1.82, 2.24) is 9.88 Å². The monoisotopic (exact) mass is 248 g/mol. The first-order chi connectivity index (χ1) is 8.70. The Morgan fingerprint density at radius 2 is 2.44 bits per heavy atom. The largest absolute Gasteiger partial charge is 0.466 e. The number of likely N-dealkylation sites (tertiary alicyclic amines) is 1. The van der Waals surface area contributed by atoms with Gasteiger partial charge in [0.1, 0.15) is 0 Å². The number of carbonyl (C=O) groups is 2. The van der Waals surface area contributed by atoms with Crippen molar-refractivity contribution in [2.75, 3.05) is 13.2 Å². The molecule has 2 heterocycles. The van der Waals surface area contributed by atoms with Crippen molar-refractivity contribution in [3.63, 3.8) is 0 Å². The van der Waals surface area contributed by atoms with Crippen molar-refractivity contribution in [2.45, 2.75) is 19.9 Å². The van der Waals surface area contributed by atoms with Crippen molar-refractivity contribution in [2.24, 2.45) is 5.92 Å². The Bertz CT molecular complexity index is 433. The molecule has 18 heavy (non-hydrogen) atoms. The van der Waals surface area contributed by atoms with E-state index in [1.807, 2.05) is 12.1 Å². The van der Waals surface area contributed by atoms with Crippen LogP contribution in [0.15, 0.2) is 24.5 Å². The molecule has 0 saturated carbocycles. The predicted octanol–water partition coefficient (Wildman–Crippen LogP) is 0.993. The summed E-state index contributed by atoms with van der Waals surface area (Å²) in [5.74, 6) is -0.606. The van der Waals surface area contributed by atoms with E-state index in [-0.39, 0.29) is 24.2 Å². The van der Waals surface area contributed by atoms with Gasteiger partial charge < -0.3 is 9.64 Å². The molecular formula is C13H16N2O3. The number of pyridine rings is 1. The van der Waals surface area contributed by atoms with Gasteiger partial charge >= 0.3 is 5.97 Å². The summed E-state index contributed by atoms with van der Waals surface area (Å²) in [5, 5.41) is 0. The average molecular weight is 248 g/mol. The highest BCUT2D eigenvalue weighted by molar-refractivity contribution is 5.86. The Kier molecular flexibility index (Phi) is 3.92. The Hall–Kier alpha value is -1.91. The zero-order valence-electron chi connectivity index (χ0n) is 10.3. The molecule has 1 aromatic heterocycles. The van der Waals surface area contributed by atoms with Crippen LogP contribution in [0.3, 0.4) is 0 Å². The molecule has 1 aliphatic heterocycles. The van der Waals surface area contributed by atoms with Crippen LogP contribution in [-0.4, -0.2) is 34.9 Å². The number of nitrogens with zero attached hydrogens (tertiary/aromatic N) is 2. The van der Waals surface area contributed by atoms with Crippen LogP contribution in [0.25, 0.3) is 0 Å². The normalized spacial score (nSPS) is 19.1. The highest BCUT2D eigenvalue weighted by Crippen LogP contribution is 2.21.